The molecule has 2 saturated heterocycles. The summed E-state index contributed by atoms with van der Waals surface area (Å²) < 4.78 is 53.9. The highest BCUT2D eigenvalue weighted by atomic mass is 32.1. The molecule has 0 atom stereocenters. The Morgan fingerprint density at radius 2 is 1.62 bits per heavy atom. The molecule has 2 amide bonds. The summed E-state index contributed by atoms with van der Waals surface area (Å²) in [4.78, 5) is 34.2. The Morgan fingerprint density at radius 3 is 2.31 bits per heavy atom. The van der Waals surface area contributed by atoms with Crippen molar-refractivity contribution in [2.24, 2.45) is 0 Å². The van der Waals surface area contributed by atoms with Crippen LogP contribution in [0.15, 0.2) is 47.8 Å². The number of carbonyl (C=O) groups excluding carboxylic acids is 2. The Balaban J connectivity index is 1.01. The van der Waals surface area contributed by atoms with Crippen molar-refractivity contribution in [1.82, 2.24) is 29.8 Å². The van der Waals surface area contributed by atoms with Gasteiger partial charge in [0.25, 0.3) is 5.91 Å². The number of benzene rings is 2. The summed E-state index contributed by atoms with van der Waals surface area (Å²) in [5.41, 5.74) is 1.17. The predicted octanol–water partition coefficient (Wildman–Crippen LogP) is 5.47. The number of amides is 2. The summed E-state index contributed by atoms with van der Waals surface area (Å²) in [5, 5.41) is 10.7. The Kier molecular flexibility index (Phi) is 7.69. The van der Waals surface area contributed by atoms with E-state index in [-0.39, 0.29) is 41.5 Å². The third-order valence-electron chi connectivity index (χ3n) is 8.10. The fraction of sp³-hybridized carbons (Fsp3) is 0.414. The van der Waals surface area contributed by atoms with E-state index in [0.717, 1.165) is 35.5 Å². The number of fused-ring (bicyclic) bond motifs is 1. The lowest BCUT2D eigenvalue weighted by atomic mass is 9.97. The van der Waals surface area contributed by atoms with Crippen LogP contribution in [0.1, 0.15) is 64.3 Å². The van der Waals surface area contributed by atoms with Gasteiger partial charge in [0, 0.05) is 37.5 Å². The van der Waals surface area contributed by atoms with Crippen molar-refractivity contribution in [3.05, 3.63) is 75.5 Å². The first-order valence-electron chi connectivity index (χ1n) is 13.8. The van der Waals surface area contributed by atoms with Crippen molar-refractivity contribution in [2.75, 3.05) is 26.2 Å². The zero-order valence-corrected chi connectivity index (χ0v) is 23.4. The molecule has 0 aliphatic carbocycles. The van der Waals surface area contributed by atoms with Crippen LogP contribution in [-0.2, 0) is 17.4 Å². The van der Waals surface area contributed by atoms with Crippen LogP contribution in [0.25, 0.3) is 11.0 Å². The van der Waals surface area contributed by atoms with Gasteiger partial charge in [0.05, 0.1) is 28.6 Å². The molecule has 2 aromatic heterocycles. The van der Waals surface area contributed by atoms with Crippen molar-refractivity contribution in [3.8, 4) is 0 Å². The van der Waals surface area contributed by atoms with Gasteiger partial charge < -0.3 is 9.80 Å². The smallest absolute Gasteiger partial charge is 0.342 e. The van der Waals surface area contributed by atoms with Crippen LogP contribution in [-0.4, -0.2) is 67.8 Å². The Morgan fingerprint density at radius 1 is 0.929 bits per heavy atom. The van der Waals surface area contributed by atoms with E-state index >= 15 is 0 Å². The lowest BCUT2D eigenvalue weighted by Crippen LogP contribution is -2.39. The van der Waals surface area contributed by atoms with Gasteiger partial charge in [-0.25, -0.2) is 14.1 Å². The zero-order valence-electron chi connectivity index (χ0n) is 22.6. The molecule has 0 spiro atoms. The maximum absolute atomic E-state index is 13.2. The molecule has 4 aromatic rings. The molecule has 220 valence electrons. The zero-order chi connectivity index (χ0) is 29.4. The summed E-state index contributed by atoms with van der Waals surface area (Å²) in [7, 11) is 0. The average molecular weight is 601 g/mol. The van der Waals surface area contributed by atoms with E-state index in [1.807, 2.05) is 4.90 Å². The molecular weight excluding hydrogens is 572 g/mol. The standard InChI is InChI=1S/C29H28F4N6O2S/c30-21-4-1-18(2-5-21)15-26(40)37-11-7-19(8-12-37)27-34-24(17-42-27)28(41)38-13-9-22(10-14-38)39-25-6-3-20(29(31,32)33)16-23(25)35-36-39/h1-6,16-17,19,22H,7-15H2. The molecule has 2 aliphatic rings. The number of piperidine rings is 2. The fourth-order valence-electron chi connectivity index (χ4n) is 5.70. The number of rotatable bonds is 5. The van der Waals surface area contributed by atoms with Gasteiger partial charge >= 0.3 is 6.18 Å². The van der Waals surface area contributed by atoms with Crippen LogP contribution in [0.4, 0.5) is 17.6 Å². The summed E-state index contributed by atoms with van der Waals surface area (Å²) in [6, 6.07) is 9.34. The van der Waals surface area contributed by atoms with E-state index < -0.39 is 11.7 Å². The molecule has 42 heavy (non-hydrogen) atoms. The molecule has 0 N–H and O–H groups in total. The second-order valence-corrected chi connectivity index (χ2v) is 11.7. The van der Waals surface area contributed by atoms with E-state index in [9.17, 15) is 27.2 Å². The van der Waals surface area contributed by atoms with Crippen molar-refractivity contribution >= 4 is 34.2 Å². The second kappa shape index (κ2) is 11.4. The minimum atomic E-state index is -4.44. The van der Waals surface area contributed by atoms with Gasteiger partial charge in [-0.15, -0.1) is 16.4 Å². The van der Waals surface area contributed by atoms with Crippen LogP contribution in [0.5, 0.6) is 0 Å². The average Bonchev–Trinajstić information content (AvgIpc) is 3.65. The van der Waals surface area contributed by atoms with Crippen molar-refractivity contribution in [3.63, 3.8) is 0 Å². The number of thiazole rings is 1. The van der Waals surface area contributed by atoms with E-state index in [1.165, 1.54) is 29.5 Å². The topological polar surface area (TPSA) is 84.2 Å². The molecule has 0 radical (unpaired) electrons. The number of halogens is 4. The number of likely N-dealkylation sites (tertiary alicyclic amines) is 2. The molecule has 0 unspecified atom stereocenters. The molecular formula is C29H28F4N6O2S. The van der Waals surface area contributed by atoms with Gasteiger partial charge in [0.2, 0.25) is 5.91 Å². The highest BCUT2D eigenvalue weighted by Crippen LogP contribution is 2.34. The lowest BCUT2D eigenvalue weighted by molar-refractivity contribution is -0.137. The minimum Gasteiger partial charge on any atom is -0.342 e. The molecule has 0 bridgehead atoms. The second-order valence-electron chi connectivity index (χ2n) is 10.8. The van der Waals surface area contributed by atoms with Crippen LogP contribution in [0, 0.1) is 5.82 Å². The van der Waals surface area contributed by atoms with Gasteiger partial charge in [-0.2, -0.15) is 13.2 Å². The monoisotopic (exact) mass is 600 g/mol. The molecule has 4 heterocycles. The highest BCUT2D eigenvalue weighted by Gasteiger charge is 2.32. The molecule has 2 aromatic carbocycles. The molecule has 0 saturated carbocycles. The summed E-state index contributed by atoms with van der Waals surface area (Å²) in [6.07, 6.45) is -1.47. The largest absolute Gasteiger partial charge is 0.416 e. The van der Waals surface area contributed by atoms with Crippen LogP contribution >= 0.6 is 11.3 Å². The first-order chi connectivity index (χ1) is 20.2. The number of hydrogen-bond acceptors (Lipinski definition) is 6. The van der Waals surface area contributed by atoms with Gasteiger partial charge in [-0.05, 0) is 61.6 Å². The number of nitrogens with zero attached hydrogens (tertiary/aromatic N) is 6. The van der Waals surface area contributed by atoms with Crippen molar-refractivity contribution in [2.45, 2.75) is 50.2 Å². The van der Waals surface area contributed by atoms with E-state index in [1.54, 1.807) is 27.1 Å². The maximum Gasteiger partial charge on any atom is 0.416 e. The van der Waals surface area contributed by atoms with E-state index in [4.69, 9.17) is 0 Å². The Labute approximate surface area is 242 Å². The van der Waals surface area contributed by atoms with Crippen LogP contribution in [0.3, 0.4) is 0 Å². The van der Waals surface area contributed by atoms with Gasteiger partial charge in [-0.3, -0.25) is 9.59 Å². The van der Waals surface area contributed by atoms with Gasteiger partial charge in [0.15, 0.2) is 0 Å². The fourth-order valence-corrected chi connectivity index (χ4v) is 6.67. The molecule has 2 fully saturated rings. The first-order valence-corrected chi connectivity index (χ1v) is 14.7. The first kappa shape index (κ1) is 28.3. The SMILES string of the molecule is O=C(Cc1ccc(F)cc1)N1CCC(c2nc(C(=O)N3CCC(n4nnc5cc(C(F)(F)F)ccc54)CC3)cs2)CC1. The van der Waals surface area contributed by atoms with Crippen molar-refractivity contribution in [1.29, 1.82) is 0 Å². The Bertz CT molecular complexity index is 1590. The Hall–Kier alpha value is -3.87. The van der Waals surface area contributed by atoms with Crippen molar-refractivity contribution < 1.29 is 27.2 Å². The van der Waals surface area contributed by atoms with Gasteiger partial charge in [0.1, 0.15) is 17.0 Å². The summed E-state index contributed by atoms with van der Waals surface area (Å²) in [6.45, 7) is 2.17. The van der Waals surface area contributed by atoms with Crippen LogP contribution < -0.4 is 0 Å². The number of hydrogen-bond donors (Lipinski definition) is 0. The highest BCUT2D eigenvalue weighted by molar-refractivity contribution is 7.09. The van der Waals surface area contributed by atoms with E-state index in [0.29, 0.717) is 50.2 Å². The third-order valence-corrected chi connectivity index (χ3v) is 9.11. The molecule has 2 aliphatic heterocycles. The number of carbonyl (C=O) groups is 2. The van der Waals surface area contributed by atoms with Crippen LogP contribution in [0.2, 0.25) is 0 Å². The number of alkyl halides is 3. The summed E-state index contributed by atoms with van der Waals surface area (Å²) >= 11 is 1.46. The number of aromatic nitrogens is 4. The lowest BCUT2D eigenvalue weighted by Gasteiger charge is -2.32. The maximum atomic E-state index is 13.2. The van der Waals surface area contributed by atoms with Gasteiger partial charge in [-0.1, -0.05) is 17.3 Å². The molecule has 13 heteroatoms. The van der Waals surface area contributed by atoms with E-state index in [2.05, 4.69) is 15.3 Å². The minimum absolute atomic E-state index is 0.0171. The molecule has 6 rings (SSSR count). The third kappa shape index (κ3) is 5.87. The normalized spacial score (nSPS) is 17.2. The predicted molar refractivity (Wildman–Crippen MR) is 147 cm³/mol. The molecule has 8 nitrogen and oxygen atoms in total. The summed E-state index contributed by atoms with van der Waals surface area (Å²) in [5.74, 6) is -0.271. The quantitative estimate of drug-likeness (QED) is 0.284.